The van der Waals surface area contributed by atoms with Crippen LogP contribution < -0.4 is 16.0 Å². The van der Waals surface area contributed by atoms with Crippen LogP contribution in [0.5, 0.6) is 0 Å². The van der Waals surface area contributed by atoms with E-state index in [1.807, 2.05) is 14.0 Å². The molecule has 12 heavy (non-hydrogen) atoms. The van der Waals surface area contributed by atoms with Crippen LogP contribution in [0.1, 0.15) is 5.56 Å². The molecule has 0 radical (unpaired) electrons. The fourth-order valence-electron chi connectivity index (χ4n) is 1.55. The topological polar surface area (TPSA) is 54.2 Å². The van der Waals surface area contributed by atoms with Crippen molar-refractivity contribution in [3.05, 3.63) is 11.8 Å². The van der Waals surface area contributed by atoms with E-state index >= 15 is 0 Å². The molecule has 1 aromatic rings. The first-order valence-corrected chi connectivity index (χ1v) is 3.90. The number of hydrogen-bond donors (Lipinski definition) is 2. The molecule has 4 heteroatoms. The Bertz CT molecular complexity index is 321. The van der Waals surface area contributed by atoms with E-state index in [0.29, 0.717) is 5.82 Å². The van der Waals surface area contributed by atoms with Crippen molar-refractivity contribution in [1.82, 2.24) is 4.98 Å². The molecule has 2 rings (SSSR count). The van der Waals surface area contributed by atoms with Gasteiger partial charge < -0.3 is 16.0 Å². The smallest absolute Gasteiger partial charge is 0.149 e. The van der Waals surface area contributed by atoms with Gasteiger partial charge in [-0.3, -0.25) is 0 Å². The number of rotatable bonds is 0. The number of fused-ring (bicyclic) bond motifs is 1. The molecule has 0 aliphatic carbocycles. The lowest BCUT2D eigenvalue weighted by Crippen LogP contribution is -2.16. The molecule has 0 spiro atoms. The standard InChI is InChI=1S/C8H12N4/c1-5-3-10-8(9)6-7(5)12(2)4-11-6/h3,11H,4H2,1-2H3,(H2,9,10). The molecular formula is C8H12N4. The summed E-state index contributed by atoms with van der Waals surface area (Å²) in [6, 6.07) is 0. The highest BCUT2D eigenvalue weighted by molar-refractivity contribution is 5.84. The lowest BCUT2D eigenvalue weighted by molar-refractivity contribution is 1.03. The summed E-state index contributed by atoms with van der Waals surface area (Å²) in [5.74, 6) is 0.583. The highest BCUT2D eigenvalue weighted by Gasteiger charge is 2.19. The average molecular weight is 164 g/mol. The largest absolute Gasteiger partial charge is 0.382 e. The van der Waals surface area contributed by atoms with E-state index in [1.165, 1.54) is 5.69 Å². The fourth-order valence-corrected chi connectivity index (χ4v) is 1.55. The van der Waals surface area contributed by atoms with Gasteiger partial charge in [-0.15, -0.1) is 0 Å². The van der Waals surface area contributed by atoms with E-state index in [0.717, 1.165) is 17.9 Å². The van der Waals surface area contributed by atoms with Gasteiger partial charge in [0.1, 0.15) is 11.5 Å². The van der Waals surface area contributed by atoms with Gasteiger partial charge in [-0.1, -0.05) is 0 Å². The summed E-state index contributed by atoms with van der Waals surface area (Å²) in [6.45, 7) is 2.85. The summed E-state index contributed by atoms with van der Waals surface area (Å²) in [4.78, 5) is 6.20. The summed E-state index contributed by atoms with van der Waals surface area (Å²) >= 11 is 0. The zero-order valence-electron chi connectivity index (χ0n) is 7.26. The summed E-state index contributed by atoms with van der Waals surface area (Å²) in [5, 5.41) is 3.20. The van der Waals surface area contributed by atoms with Crippen LogP contribution in [0, 0.1) is 6.92 Å². The molecule has 1 aromatic heterocycles. The van der Waals surface area contributed by atoms with Gasteiger partial charge in [0.15, 0.2) is 0 Å². The van der Waals surface area contributed by atoms with Crippen LogP contribution in [0.15, 0.2) is 6.20 Å². The van der Waals surface area contributed by atoms with E-state index in [2.05, 4.69) is 15.2 Å². The molecule has 64 valence electrons. The predicted octanol–water partition coefficient (Wildman–Crippen LogP) is 0.791. The van der Waals surface area contributed by atoms with Crippen LogP contribution in [0.25, 0.3) is 0 Å². The summed E-state index contributed by atoms with van der Waals surface area (Å²) in [5.41, 5.74) is 9.00. The first kappa shape index (κ1) is 7.21. The van der Waals surface area contributed by atoms with Crippen molar-refractivity contribution >= 4 is 17.2 Å². The van der Waals surface area contributed by atoms with Crippen LogP contribution in [-0.4, -0.2) is 18.7 Å². The number of pyridine rings is 1. The zero-order chi connectivity index (χ0) is 8.72. The minimum atomic E-state index is 0.583. The molecular weight excluding hydrogens is 152 g/mol. The Morgan fingerprint density at radius 2 is 2.42 bits per heavy atom. The Kier molecular flexibility index (Phi) is 1.36. The molecule has 1 aliphatic heterocycles. The van der Waals surface area contributed by atoms with Gasteiger partial charge in [-0.25, -0.2) is 4.98 Å². The predicted molar refractivity (Wildman–Crippen MR) is 50.3 cm³/mol. The second kappa shape index (κ2) is 2.27. The SMILES string of the molecule is Cc1cnc(N)c2c1N(C)CN2. The quantitative estimate of drug-likeness (QED) is 0.595. The minimum absolute atomic E-state index is 0.583. The fraction of sp³-hybridized carbons (Fsp3) is 0.375. The number of anilines is 3. The number of aryl methyl sites for hydroxylation is 1. The third-order valence-corrected chi connectivity index (χ3v) is 2.14. The van der Waals surface area contributed by atoms with Crippen LogP contribution in [0.4, 0.5) is 17.2 Å². The van der Waals surface area contributed by atoms with E-state index in [4.69, 9.17) is 5.73 Å². The molecule has 0 saturated carbocycles. The van der Waals surface area contributed by atoms with E-state index in [-0.39, 0.29) is 0 Å². The van der Waals surface area contributed by atoms with E-state index in [1.54, 1.807) is 6.20 Å². The Hall–Kier alpha value is -1.45. The number of nitrogen functional groups attached to an aromatic ring is 1. The van der Waals surface area contributed by atoms with Crippen LogP contribution >= 0.6 is 0 Å². The minimum Gasteiger partial charge on any atom is -0.382 e. The van der Waals surface area contributed by atoms with Gasteiger partial charge in [0, 0.05) is 13.2 Å². The maximum atomic E-state index is 5.70. The Morgan fingerprint density at radius 3 is 3.08 bits per heavy atom. The lowest BCUT2D eigenvalue weighted by atomic mass is 10.2. The van der Waals surface area contributed by atoms with Crippen molar-refractivity contribution in [2.75, 3.05) is 29.7 Å². The lowest BCUT2D eigenvalue weighted by Gasteiger charge is -2.12. The monoisotopic (exact) mass is 164 g/mol. The van der Waals surface area contributed by atoms with Crippen molar-refractivity contribution in [3.8, 4) is 0 Å². The second-order valence-corrected chi connectivity index (χ2v) is 3.08. The Labute approximate surface area is 71.4 Å². The van der Waals surface area contributed by atoms with Gasteiger partial charge >= 0.3 is 0 Å². The first-order valence-electron chi connectivity index (χ1n) is 3.90. The van der Waals surface area contributed by atoms with Crippen molar-refractivity contribution in [1.29, 1.82) is 0 Å². The molecule has 0 atom stereocenters. The van der Waals surface area contributed by atoms with Gasteiger partial charge in [-0.2, -0.15) is 0 Å². The highest BCUT2D eigenvalue weighted by Crippen LogP contribution is 2.36. The molecule has 0 unspecified atom stereocenters. The number of aromatic nitrogens is 1. The molecule has 1 aliphatic rings. The highest BCUT2D eigenvalue weighted by atomic mass is 15.3. The van der Waals surface area contributed by atoms with Gasteiger partial charge in [-0.05, 0) is 12.5 Å². The van der Waals surface area contributed by atoms with Crippen molar-refractivity contribution < 1.29 is 0 Å². The molecule has 0 aromatic carbocycles. The molecule has 0 amide bonds. The summed E-state index contributed by atoms with van der Waals surface area (Å²) in [7, 11) is 2.03. The third-order valence-electron chi connectivity index (χ3n) is 2.14. The van der Waals surface area contributed by atoms with Gasteiger partial charge in [0.25, 0.3) is 0 Å². The average Bonchev–Trinajstić information content (AvgIpc) is 2.42. The number of hydrogen-bond acceptors (Lipinski definition) is 4. The molecule has 0 saturated heterocycles. The number of nitrogens with zero attached hydrogens (tertiary/aromatic N) is 2. The van der Waals surface area contributed by atoms with E-state index in [9.17, 15) is 0 Å². The maximum Gasteiger partial charge on any atom is 0.149 e. The molecule has 2 heterocycles. The molecule has 0 bridgehead atoms. The first-order chi connectivity index (χ1) is 5.70. The van der Waals surface area contributed by atoms with Gasteiger partial charge in [0.2, 0.25) is 0 Å². The van der Waals surface area contributed by atoms with Crippen molar-refractivity contribution in [2.45, 2.75) is 6.92 Å². The van der Waals surface area contributed by atoms with Crippen LogP contribution in [-0.2, 0) is 0 Å². The van der Waals surface area contributed by atoms with E-state index < -0.39 is 0 Å². The van der Waals surface area contributed by atoms with Gasteiger partial charge in [0.05, 0.1) is 12.4 Å². The molecule has 3 N–H and O–H groups in total. The second-order valence-electron chi connectivity index (χ2n) is 3.08. The Morgan fingerprint density at radius 1 is 1.67 bits per heavy atom. The van der Waals surface area contributed by atoms with Crippen molar-refractivity contribution in [2.24, 2.45) is 0 Å². The third kappa shape index (κ3) is 0.809. The maximum absolute atomic E-state index is 5.70. The molecule has 4 nitrogen and oxygen atoms in total. The normalized spacial score (nSPS) is 14.3. The van der Waals surface area contributed by atoms with Crippen LogP contribution in [0.2, 0.25) is 0 Å². The number of nitrogens with one attached hydrogen (secondary N) is 1. The number of nitrogens with two attached hydrogens (primary N) is 1. The van der Waals surface area contributed by atoms with Crippen molar-refractivity contribution in [3.63, 3.8) is 0 Å². The zero-order valence-corrected chi connectivity index (χ0v) is 7.26. The summed E-state index contributed by atoms with van der Waals surface area (Å²) < 4.78 is 0. The summed E-state index contributed by atoms with van der Waals surface area (Å²) in [6.07, 6.45) is 1.80. The molecule has 0 fully saturated rings. The Balaban J connectivity index is 2.64. The van der Waals surface area contributed by atoms with Crippen LogP contribution in [0.3, 0.4) is 0 Å².